The van der Waals surface area contributed by atoms with E-state index >= 15 is 0 Å². The SMILES string of the molecule is COC1=CC=CC(CCNc2cc(-c3ccc4[nH]ccc4c3)nc(OC)n2)C=C1. The van der Waals surface area contributed by atoms with Gasteiger partial charge in [0.1, 0.15) is 11.6 Å². The van der Waals surface area contributed by atoms with Gasteiger partial charge in [-0.25, -0.2) is 0 Å². The smallest absolute Gasteiger partial charge is 0.318 e. The van der Waals surface area contributed by atoms with Crippen molar-refractivity contribution in [3.05, 3.63) is 72.7 Å². The number of nitrogens with one attached hydrogen (secondary N) is 2. The van der Waals surface area contributed by atoms with Gasteiger partial charge in [-0.15, -0.1) is 0 Å². The molecule has 0 spiro atoms. The molecule has 3 aromatic rings. The lowest BCUT2D eigenvalue weighted by Crippen LogP contribution is -2.08. The molecule has 1 aliphatic carbocycles. The van der Waals surface area contributed by atoms with E-state index in [2.05, 4.69) is 44.6 Å². The Bertz CT molecular complexity index is 1080. The number of H-pyrrole nitrogens is 1. The summed E-state index contributed by atoms with van der Waals surface area (Å²) >= 11 is 0. The summed E-state index contributed by atoms with van der Waals surface area (Å²) in [6, 6.07) is 10.6. The Kier molecular flexibility index (Phi) is 5.61. The lowest BCUT2D eigenvalue weighted by molar-refractivity contribution is 0.307. The molecule has 2 aromatic heterocycles. The molecule has 1 unspecified atom stereocenters. The fourth-order valence-corrected chi connectivity index (χ4v) is 3.29. The molecule has 6 nitrogen and oxygen atoms in total. The van der Waals surface area contributed by atoms with Crippen molar-refractivity contribution in [3.63, 3.8) is 0 Å². The van der Waals surface area contributed by atoms with E-state index in [-0.39, 0.29) is 0 Å². The van der Waals surface area contributed by atoms with E-state index in [1.165, 1.54) is 0 Å². The number of aromatic nitrogens is 3. The standard InChI is InChI=1S/C23H24N4O2/c1-28-19-5-3-4-16(6-8-19)10-12-25-22-15-21(26-23(27-22)29-2)17-7-9-20-18(14-17)11-13-24-20/h3-9,11,13-16,24H,10,12H2,1-2H3,(H,25,26,27). The molecule has 0 radical (unpaired) electrons. The zero-order valence-corrected chi connectivity index (χ0v) is 16.6. The summed E-state index contributed by atoms with van der Waals surface area (Å²) in [6.45, 7) is 0.776. The van der Waals surface area contributed by atoms with E-state index in [4.69, 9.17) is 9.47 Å². The number of anilines is 1. The Morgan fingerprint density at radius 2 is 2.00 bits per heavy atom. The molecule has 0 bridgehead atoms. The predicted octanol–water partition coefficient (Wildman–Crippen LogP) is 4.71. The molecule has 0 saturated heterocycles. The Hall–Kier alpha value is -3.54. The van der Waals surface area contributed by atoms with Crippen molar-refractivity contribution in [3.8, 4) is 17.3 Å². The number of methoxy groups -OCH3 is 2. The third kappa shape index (κ3) is 4.48. The summed E-state index contributed by atoms with van der Waals surface area (Å²) in [5, 5.41) is 4.55. The lowest BCUT2D eigenvalue weighted by Gasteiger charge is -2.11. The second-order valence-corrected chi connectivity index (χ2v) is 6.80. The molecule has 29 heavy (non-hydrogen) atoms. The second kappa shape index (κ2) is 8.65. The molecule has 1 aromatic carbocycles. The van der Waals surface area contributed by atoms with Crippen molar-refractivity contribution in [1.82, 2.24) is 15.0 Å². The summed E-state index contributed by atoms with van der Waals surface area (Å²) in [6.07, 6.45) is 13.2. The summed E-state index contributed by atoms with van der Waals surface area (Å²) in [7, 11) is 3.26. The van der Waals surface area contributed by atoms with Crippen LogP contribution in [0.4, 0.5) is 5.82 Å². The molecular formula is C23H24N4O2. The van der Waals surface area contributed by atoms with Crippen LogP contribution in [0.15, 0.2) is 72.7 Å². The zero-order valence-electron chi connectivity index (χ0n) is 16.6. The highest BCUT2D eigenvalue weighted by molar-refractivity contribution is 5.84. The number of hydrogen-bond donors (Lipinski definition) is 2. The van der Waals surface area contributed by atoms with E-state index in [0.717, 1.165) is 46.7 Å². The van der Waals surface area contributed by atoms with Crippen LogP contribution >= 0.6 is 0 Å². The van der Waals surface area contributed by atoms with Crippen molar-refractivity contribution >= 4 is 16.7 Å². The molecule has 1 aliphatic rings. The number of rotatable bonds is 7. The first kappa shape index (κ1) is 18.8. The third-order valence-corrected chi connectivity index (χ3v) is 4.88. The molecule has 0 aliphatic heterocycles. The van der Waals surface area contributed by atoms with Gasteiger partial charge in [-0.3, -0.25) is 0 Å². The van der Waals surface area contributed by atoms with Crippen LogP contribution in [-0.4, -0.2) is 35.7 Å². The first-order valence-electron chi connectivity index (χ1n) is 9.60. The van der Waals surface area contributed by atoms with Crippen LogP contribution in [-0.2, 0) is 4.74 Å². The van der Waals surface area contributed by atoms with Crippen molar-refractivity contribution < 1.29 is 9.47 Å². The monoisotopic (exact) mass is 388 g/mol. The highest BCUT2D eigenvalue weighted by atomic mass is 16.5. The van der Waals surface area contributed by atoms with Crippen LogP contribution in [0.1, 0.15) is 6.42 Å². The Morgan fingerprint density at radius 3 is 2.86 bits per heavy atom. The van der Waals surface area contributed by atoms with E-state index < -0.39 is 0 Å². The summed E-state index contributed by atoms with van der Waals surface area (Å²) < 4.78 is 10.6. The number of aromatic amines is 1. The number of fused-ring (bicyclic) bond motifs is 1. The van der Waals surface area contributed by atoms with Gasteiger partial charge in [0.05, 0.1) is 19.9 Å². The molecule has 0 saturated carbocycles. The molecule has 1 atom stereocenters. The maximum absolute atomic E-state index is 5.31. The second-order valence-electron chi connectivity index (χ2n) is 6.80. The van der Waals surface area contributed by atoms with Crippen LogP contribution in [0.3, 0.4) is 0 Å². The number of benzene rings is 1. The fraction of sp³-hybridized carbons (Fsp3) is 0.217. The van der Waals surface area contributed by atoms with Gasteiger partial charge in [-0.1, -0.05) is 24.3 Å². The largest absolute Gasteiger partial charge is 0.497 e. The predicted molar refractivity (Wildman–Crippen MR) is 116 cm³/mol. The molecular weight excluding hydrogens is 364 g/mol. The van der Waals surface area contributed by atoms with Crippen molar-refractivity contribution in [2.24, 2.45) is 5.92 Å². The summed E-state index contributed by atoms with van der Waals surface area (Å²) in [4.78, 5) is 12.2. The van der Waals surface area contributed by atoms with Gasteiger partial charge in [0.2, 0.25) is 0 Å². The average molecular weight is 388 g/mol. The van der Waals surface area contributed by atoms with Crippen molar-refractivity contribution in [1.29, 1.82) is 0 Å². The number of nitrogens with zero attached hydrogens (tertiary/aromatic N) is 2. The maximum atomic E-state index is 5.31. The summed E-state index contributed by atoms with van der Waals surface area (Å²) in [5.41, 5.74) is 2.95. The number of hydrogen-bond acceptors (Lipinski definition) is 5. The van der Waals surface area contributed by atoms with Crippen molar-refractivity contribution in [2.75, 3.05) is 26.1 Å². The number of allylic oxidation sites excluding steroid dienone is 5. The Morgan fingerprint density at radius 1 is 1.07 bits per heavy atom. The van der Waals surface area contributed by atoms with Gasteiger partial charge < -0.3 is 19.8 Å². The normalized spacial score (nSPS) is 15.8. The van der Waals surface area contributed by atoms with Gasteiger partial charge in [0.15, 0.2) is 0 Å². The Labute approximate surface area is 170 Å². The fourth-order valence-electron chi connectivity index (χ4n) is 3.29. The molecule has 0 amide bonds. The minimum absolute atomic E-state index is 0.339. The summed E-state index contributed by atoms with van der Waals surface area (Å²) in [5.74, 6) is 1.95. The lowest BCUT2D eigenvalue weighted by atomic mass is 10.1. The molecule has 4 rings (SSSR count). The molecule has 0 fully saturated rings. The minimum atomic E-state index is 0.339. The average Bonchev–Trinajstić information content (AvgIpc) is 3.11. The minimum Gasteiger partial charge on any atom is -0.497 e. The third-order valence-electron chi connectivity index (χ3n) is 4.88. The Balaban J connectivity index is 1.47. The highest BCUT2D eigenvalue weighted by Gasteiger charge is 2.09. The molecule has 2 N–H and O–H groups in total. The number of ether oxygens (including phenoxy) is 2. The van der Waals surface area contributed by atoms with E-state index in [1.807, 2.05) is 42.6 Å². The maximum Gasteiger partial charge on any atom is 0.318 e. The van der Waals surface area contributed by atoms with Gasteiger partial charge in [-0.2, -0.15) is 9.97 Å². The molecule has 2 heterocycles. The highest BCUT2D eigenvalue weighted by Crippen LogP contribution is 2.26. The van der Waals surface area contributed by atoms with Gasteiger partial charge in [-0.05, 0) is 42.7 Å². The first-order chi connectivity index (χ1) is 14.2. The van der Waals surface area contributed by atoms with Crippen molar-refractivity contribution in [2.45, 2.75) is 6.42 Å². The van der Waals surface area contributed by atoms with Gasteiger partial charge >= 0.3 is 6.01 Å². The molecule has 6 heteroatoms. The molecule has 148 valence electrons. The van der Waals surface area contributed by atoms with E-state index in [1.54, 1.807) is 14.2 Å². The van der Waals surface area contributed by atoms with Gasteiger partial charge in [0, 0.05) is 35.3 Å². The van der Waals surface area contributed by atoms with Crippen LogP contribution < -0.4 is 10.1 Å². The van der Waals surface area contributed by atoms with E-state index in [9.17, 15) is 0 Å². The quantitative estimate of drug-likeness (QED) is 0.613. The van der Waals surface area contributed by atoms with Crippen LogP contribution in [0.2, 0.25) is 0 Å². The topological polar surface area (TPSA) is 72.1 Å². The van der Waals surface area contributed by atoms with Crippen LogP contribution in [0.5, 0.6) is 6.01 Å². The first-order valence-corrected chi connectivity index (χ1v) is 9.60. The van der Waals surface area contributed by atoms with E-state index in [0.29, 0.717) is 11.9 Å². The zero-order chi connectivity index (χ0) is 20.1. The van der Waals surface area contributed by atoms with Crippen LogP contribution in [0, 0.1) is 5.92 Å². The van der Waals surface area contributed by atoms with Gasteiger partial charge in [0.25, 0.3) is 0 Å². The van der Waals surface area contributed by atoms with Crippen LogP contribution in [0.25, 0.3) is 22.2 Å².